The first-order valence-corrected chi connectivity index (χ1v) is 7.27. The van der Waals surface area contributed by atoms with Crippen LogP contribution in [-0.2, 0) is 9.53 Å². The highest BCUT2D eigenvalue weighted by Gasteiger charge is 2.40. The van der Waals surface area contributed by atoms with Crippen LogP contribution in [0.4, 0.5) is 13.2 Å². The van der Waals surface area contributed by atoms with E-state index in [-0.39, 0.29) is 6.61 Å². The zero-order valence-electron chi connectivity index (χ0n) is 13.6. The van der Waals surface area contributed by atoms with Crippen LogP contribution < -0.4 is 15.3 Å². The second-order valence-electron chi connectivity index (χ2n) is 4.91. The molecule has 138 valence electrons. The Kier molecular flexibility index (Phi) is 6.05. The molecule has 2 rings (SSSR count). The second kappa shape index (κ2) is 8.24. The van der Waals surface area contributed by atoms with Gasteiger partial charge in [-0.25, -0.2) is 4.79 Å². The smallest absolute Gasteiger partial charge is 0.491 e. The molecule has 0 aliphatic heterocycles. The van der Waals surface area contributed by atoms with Gasteiger partial charge >= 0.3 is 12.1 Å². The molecule has 0 atom stereocenters. The van der Waals surface area contributed by atoms with Gasteiger partial charge in [-0.2, -0.15) is 18.3 Å². The first-order valence-electron chi connectivity index (χ1n) is 7.27. The molecule has 0 saturated heterocycles. The molecule has 0 aliphatic rings. The summed E-state index contributed by atoms with van der Waals surface area (Å²) in [6, 6.07) is 9.07. The van der Waals surface area contributed by atoms with Crippen LogP contribution in [0.25, 0.3) is 10.8 Å². The number of carbonyl (C=O) groups is 1. The Balaban J connectivity index is 2.24. The molecule has 0 heterocycles. The molecule has 2 N–H and O–H groups in total. The van der Waals surface area contributed by atoms with E-state index < -0.39 is 12.1 Å². The Morgan fingerprint density at radius 2 is 2.00 bits per heavy atom. The predicted molar refractivity (Wildman–Crippen MR) is 89.1 cm³/mol. The minimum atomic E-state index is -5.06. The highest BCUT2D eigenvalue weighted by Crippen LogP contribution is 2.38. The zero-order chi connectivity index (χ0) is 19.2. The van der Waals surface area contributed by atoms with E-state index in [4.69, 9.17) is 15.3 Å². The Morgan fingerprint density at radius 1 is 1.27 bits per heavy atom. The van der Waals surface area contributed by atoms with Crippen molar-refractivity contribution in [3.05, 3.63) is 48.2 Å². The predicted octanol–water partition coefficient (Wildman–Crippen LogP) is 3.14. The van der Waals surface area contributed by atoms with E-state index in [1.165, 1.54) is 13.3 Å². The summed E-state index contributed by atoms with van der Waals surface area (Å²) in [6.45, 7) is -0.158. The third-order valence-corrected chi connectivity index (χ3v) is 3.23. The lowest BCUT2D eigenvalue weighted by Crippen LogP contribution is -2.23. The minimum absolute atomic E-state index is 0.158. The summed E-state index contributed by atoms with van der Waals surface area (Å²) in [5.74, 6) is 3.61. The topological polar surface area (TPSA) is 83.1 Å². The number of hydrogen-bond donors (Lipinski definition) is 1. The molecule has 2 aromatic rings. The van der Waals surface area contributed by atoms with Gasteiger partial charge in [0.15, 0.2) is 11.5 Å². The molecule has 2 aromatic carbocycles. The van der Waals surface area contributed by atoms with Gasteiger partial charge < -0.3 is 20.1 Å². The van der Waals surface area contributed by atoms with Crippen LogP contribution in [0.3, 0.4) is 0 Å². The van der Waals surface area contributed by atoms with Crippen LogP contribution in [0.15, 0.2) is 47.8 Å². The molecule has 6 nitrogen and oxygen atoms in total. The van der Waals surface area contributed by atoms with Crippen LogP contribution in [-0.4, -0.2) is 32.1 Å². The SMILES string of the molecule is COc1c(/C=N/N)cc2ccccc2c1OC/C=C/OC(=O)C(F)(F)F. The van der Waals surface area contributed by atoms with Crippen molar-refractivity contribution in [2.75, 3.05) is 13.7 Å². The second-order valence-corrected chi connectivity index (χ2v) is 4.91. The average Bonchev–Trinajstić information content (AvgIpc) is 2.60. The third kappa shape index (κ3) is 4.44. The van der Waals surface area contributed by atoms with Crippen molar-refractivity contribution in [1.29, 1.82) is 0 Å². The maximum atomic E-state index is 12.0. The number of esters is 1. The van der Waals surface area contributed by atoms with E-state index in [1.807, 2.05) is 12.1 Å². The Bertz CT molecular complexity index is 848. The summed E-state index contributed by atoms with van der Waals surface area (Å²) in [5, 5.41) is 5.02. The highest BCUT2D eigenvalue weighted by molar-refractivity contribution is 5.98. The van der Waals surface area contributed by atoms with Crippen LogP contribution in [0.5, 0.6) is 11.5 Å². The van der Waals surface area contributed by atoms with Gasteiger partial charge in [-0.1, -0.05) is 24.3 Å². The third-order valence-electron chi connectivity index (χ3n) is 3.23. The number of benzene rings is 2. The molecular formula is C17H15F3N2O4. The van der Waals surface area contributed by atoms with Crippen molar-refractivity contribution < 1.29 is 32.2 Å². The molecule has 0 saturated carbocycles. The molecule has 26 heavy (non-hydrogen) atoms. The van der Waals surface area contributed by atoms with Gasteiger partial charge in [-0.15, -0.1) is 0 Å². The van der Waals surface area contributed by atoms with Gasteiger partial charge in [0.25, 0.3) is 0 Å². The number of rotatable bonds is 6. The van der Waals surface area contributed by atoms with Crippen LogP contribution in [0.1, 0.15) is 5.56 Å². The molecule has 0 bridgehead atoms. The maximum absolute atomic E-state index is 12.0. The van der Waals surface area contributed by atoms with Gasteiger partial charge in [-0.05, 0) is 17.5 Å². The van der Waals surface area contributed by atoms with E-state index in [9.17, 15) is 18.0 Å². The first-order chi connectivity index (χ1) is 12.4. The fraction of sp³-hybridized carbons (Fsp3) is 0.176. The number of methoxy groups -OCH3 is 1. The van der Waals surface area contributed by atoms with E-state index >= 15 is 0 Å². The summed E-state index contributed by atoms with van der Waals surface area (Å²) >= 11 is 0. The van der Waals surface area contributed by atoms with Crippen molar-refractivity contribution in [3.8, 4) is 11.5 Å². The van der Waals surface area contributed by atoms with Crippen molar-refractivity contribution in [2.24, 2.45) is 10.9 Å². The lowest BCUT2D eigenvalue weighted by Gasteiger charge is -2.15. The number of ether oxygens (including phenoxy) is 3. The maximum Gasteiger partial charge on any atom is 0.491 e. The van der Waals surface area contributed by atoms with Gasteiger partial charge in [0.05, 0.1) is 19.6 Å². The number of carbonyl (C=O) groups excluding carboxylic acids is 1. The summed E-state index contributed by atoms with van der Waals surface area (Å²) in [5.41, 5.74) is 0.566. The number of halogens is 3. The lowest BCUT2D eigenvalue weighted by atomic mass is 10.0. The number of alkyl halides is 3. The fourth-order valence-electron chi connectivity index (χ4n) is 2.19. The fourth-order valence-corrected chi connectivity index (χ4v) is 2.19. The monoisotopic (exact) mass is 368 g/mol. The Labute approximate surface area is 146 Å². The quantitative estimate of drug-likeness (QED) is 0.278. The van der Waals surface area contributed by atoms with Crippen LogP contribution in [0.2, 0.25) is 0 Å². The molecule has 0 aliphatic carbocycles. The van der Waals surface area contributed by atoms with E-state index in [0.29, 0.717) is 23.3 Å². The summed E-state index contributed by atoms with van der Waals surface area (Å²) in [7, 11) is 1.44. The molecule has 9 heteroatoms. The molecule has 0 amide bonds. The van der Waals surface area contributed by atoms with Crippen molar-refractivity contribution in [2.45, 2.75) is 6.18 Å². The van der Waals surface area contributed by atoms with Gasteiger partial charge in [0.1, 0.15) is 6.61 Å². The van der Waals surface area contributed by atoms with E-state index in [0.717, 1.165) is 16.8 Å². The molecule has 0 fully saturated rings. The number of hydrazone groups is 1. The minimum Gasteiger partial charge on any atom is -0.492 e. The number of nitrogens with zero attached hydrogens (tertiary/aromatic N) is 1. The molecule has 0 spiro atoms. The van der Waals surface area contributed by atoms with Crippen molar-refractivity contribution in [3.63, 3.8) is 0 Å². The first kappa shape index (κ1) is 19.1. The Hall–Kier alpha value is -3.23. The normalized spacial score (nSPS) is 12.0. The average molecular weight is 368 g/mol. The molecule has 0 radical (unpaired) electrons. The molecule has 0 unspecified atom stereocenters. The van der Waals surface area contributed by atoms with E-state index in [1.54, 1.807) is 18.2 Å². The number of fused-ring (bicyclic) bond motifs is 1. The summed E-state index contributed by atoms with van der Waals surface area (Å²) in [4.78, 5) is 10.6. The summed E-state index contributed by atoms with van der Waals surface area (Å²) in [6.07, 6.45) is -1.92. The number of hydrogen-bond acceptors (Lipinski definition) is 6. The van der Waals surface area contributed by atoms with Crippen LogP contribution in [0, 0.1) is 0 Å². The molecular weight excluding hydrogens is 353 g/mol. The highest BCUT2D eigenvalue weighted by atomic mass is 19.4. The van der Waals surface area contributed by atoms with Crippen molar-refractivity contribution >= 4 is 23.0 Å². The largest absolute Gasteiger partial charge is 0.492 e. The lowest BCUT2D eigenvalue weighted by molar-refractivity contribution is -0.193. The zero-order valence-corrected chi connectivity index (χ0v) is 13.6. The summed E-state index contributed by atoms with van der Waals surface area (Å²) < 4.78 is 51.0. The van der Waals surface area contributed by atoms with E-state index in [2.05, 4.69) is 9.84 Å². The van der Waals surface area contributed by atoms with Crippen molar-refractivity contribution in [1.82, 2.24) is 0 Å². The van der Waals surface area contributed by atoms with Gasteiger partial charge in [0, 0.05) is 10.9 Å². The number of nitrogens with two attached hydrogens (primary N) is 1. The van der Waals surface area contributed by atoms with Gasteiger partial charge in [0.2, 0.25) is 0 Å². The van der Waals surface area contributed by atoms with Gasteiger partial charge in [-0.3, -0.25) is 0 Å². The molecule has 0 aromatic heterocycles. The standard InChI is InChI=1S/C17H15F3N2O4/c1-24-14-12(10-22-21)9-11-5-2-3-6-13(11)15(14)25-7-4-8-26-16(23)17(18,19)20/h2-6,8-10H,7,21H2,1H3/b8-4+,22-10+. The Morgan fingerprint density at radius 3 is 2.65 bits per heavy atom. The van der Waals surface area contributed by atoms with Crippen LogP contribution >= 0.6 is 0 Å².